The maximum Gasteiger partial charge on any atom is 0.494 e. The Labute approximate surface area is 439 Å². The van der Waals surface area contributed by atoms with Gasteiger partial charge in [0.1, 0.15) is 17.0 Å². The van der Waals surface area contributed by atoms with E-state index in [0.717, 1.165) is 76.8 Å². The molecule has 1 N–H and O–H groups in total. The molecule has 15 nitrogen and oxygen atoms in total. The highest BCUT2D eigenvalue weighted by Crippen LogP contribution is 2.43. The summed E-state index contributed by atoms with van der Waals surface area (Å²) in [5, 5.41) is 0. The number of amides is 2. The summed E-state index contributed by atoms with van der Waals surface area (Å²) in [4.78, 5) is 41.6. The molecule has 0 aliphatic carbocycles. The number of likely N-dealkylation sites (tertiary alicyclic amines) is 2. The van der Waals surface area contributed by atoms with E-state index in [-0.39, 0.29) is 71.4 Å². The first kappa shape index (κ1) is 57.2. The van der Waals surface area contributed by atoms with Crippen molar-refractivity contribution in [2.24, 2.45) is 4.99 Å². The first-order valence-corrected chi connectivity index (χ1v) is 25.8. The predicted molar refractivity (Wildman–Crippen MR) is 290 cm³/mol. The van der Waals surface area contributed by atoms with Crippen molar-refractivity contribution < 1.29 is 47.0 Å². The van der Waals surface area contributed by atoms with Crippen molar-refractivity contribution in [1.82, 2.24) is 19.8 Å². The number of ether oxygens (including phenoxy) is 2. The lowest BCUT2D eigenvalue weighted by Gasteiger charge is -2.32. The highest BCUT2D eigenvalue weighted by molar-refractivity contribution is 9.10. The normalized spacial score (nSPS) is 24.4. The Bertz CT molecular complexity index is 2390. The van der Waals surface area contributed by atoms with Gasteiger partial charge in [-0.3, -0.25) is 14.8 Å². The van der Waals surface area contributed by atoms with E-state index in [4.69, 9.17) is 47.4 Å². The van der Waals surface area contributed by atoms with Crippen molar-refractivity contribution in [3.05, 3.63) is 52.3 Å². The number of fused-ring (bicyclic) bond motifs is 2. The monoisotopic (exact) mass is 1070 g/mol. The van der Waals surface area contributed by atoms with Gasteiger partial charge in [-0.1, -0.05) is 22.0 Å². The molecule has 5 saturated heterocycles. The number of hydrogen-bond acceptors (Lipinski definition) is 12. The largest absolute Gasteiger partial charge is 0.494 e. The number of nitrogens with zero attached hydrogens (tertiary/aromatic N) is 4. The summed E-state index contributed by atoms with van der Waals surface area (Å²) < 4.78 is 48.4. The predicted octanol–water partition coefficient (Wildman–Crippen LogP) is 10.8. The SMILES string of the molecule is CC(C)(C)OC(=O)N1CCC[C@H]1C1=Nc2ccc(Br)cc2C1.CC(C)(C)OC(=O)N1CCC[C@H]1c1nc2ccc(B3OC(C)(C)C(C)(C)O3)cc2[nH]1.CC1(C)OB(B2OC(C)(C)C(C)(C)O2)OC1(C)C.S. The van der Waals surface area contributed by atoms with Crippen molar-refractivity contribution >= 4 is 90.6 Å². The number of imidazole rings is 1. The second kappa shape index (κ2) is 20.2. The van der Waals surface area contributed by atoms with Crippen LogP contribution in [0.3, 0.4) is 0 Å². The van der Waals surface area contributed by atoms with Gasteiger partial charge in [0.15, 0.2) is 0 Å². The first-order valence-electron chi connectivity index (χ1n) is 25.0. The van der Waals surface area contributed by atoms with Crippen LogP contribution in [0.2, 0.25) is 0 Å². The summed E-state index contributed by atoms with van der Waals surface area (Å²) in [6, 6.07) is 12.1. The van der Waals surface area contributed by atoms with E-state index in [1.165, 1.54) is 5.56 Å². The van der Waals surface area contributed by atoms with Crippen LogP contribution in [0.1, 0.15) is 168 Å². The molecular formula is C51H79B3BrN5O10S. The lowest BCUT2D eigenvalue weighted by Crippen LogP contribution is -2.43. The number of benzene rings is 2. The van der Waals surface area contributed by atoms with Gasteiger partial charge in [0.2, 0.25) is 0 Å². The molecule has 20 heteroatoms. The van der Waals surface area contributed by atoms with Crippen LogP contribution in [0.5, 0.6) is 0 Å². The zero-order valence-electron chi connectivity index (χ0n) is 45.5. The molecular weight excluding hydrogens is 987 g/mol. The van der Waals surface area contributed by atoms with Crippen LogP contribution in [0.25, 0.3) is 11.0 Å². The van der Waals surface area contributed by atoms with Gasteiger partial charge < -0.3 is 42.4 Å². The number of rotatable bonds is 4. The number of halogens is 1. The number of nitrogens with one attached hydrogen (secondary N) is 1. The number of carbonyl (C=O) groups excluding carboxylic acids is 2. The Morgan fingerprint density at radius 2 is 1.11 bits per heavy atom. The van der Waals surface area contributed by atoms with Crippen molar-refractivity contribution in [1.29, 1.82) is 0 Å². The Balaban J connectivity index is 0.000000179. The molecule has 6 aliphatic rings. The summed E-state index contributed by atoms with van der Waals surface area (Å²) in [7, 11) is -1.37. The van der Waals surface area contributed by atoms with E-state index in [0.29, 0.717) is 6.54 Å². The summed E-state index contributed by atoms with van der Waals surface area (Å²) >= 11 is 3.50. The van der Waals surface area contributed by atoms with Crippen LogP contribution in [0.15, 0.2) is 45.9 Å². The summed E-state index contributed by atoms with van der Waals surface area (Å²) in [5.74, 6) is 0.791. The van der Waals surface area contributed by atoms with Gasteiger partial charge in [-0.05, 0) is 192 Å². The molecule has 7 heterocycles. The molecule has 1 aromatic heterocycles. The van der Waals surface area contributed by atoms with Crippen LogP contribution >= 0.6 is 29.4 Å². The van der Waals surface area contributed by atoms with Crippen molar-refractivity contribution in [2.45, 2.75) is 214 Å². The fourth-order valence-electron chi connectivity index (χ4n) is 8.96. The quantitative estimate of drug-likeness (QED) is 0.248. The lowest BCUT2D eigenvalue weighted by atomic mass is 9.49. The molecule has 0 saturated carbocycles. The number of aromatic amines is 1. The molecule has 9 rings (SSSR count). The molecule has 0 spiro atoms. The minimum atomic E-state index is -0.518. The average Bonchev–Trinajstić information content (AvgIpc) is 4.07. The summed E-state index contributed by atoms with van der Waals surface area (Å²) in [6.07, 6.45) is 4.07. The van der Waals surface area contributed by atoms with Gasteiger partial charge in [-0.2, -0.15) is 13.5 Å². The zero-order chi connectivity index (χ0) is 51.8. The molecule has 5 fully saturated rings. The van der Waals surface area contributed by atoms with Crippen LogP contribution in [0, 0.1) is 0 Å². The molecule has 2 amide bonds. The van der Waals surface area contributed by atoms with Gasteiger partial charge in [0, 0.05) is 29.7 Å². The van der Waals surface area contributed by atoms with E-state index in [2.05, 4.69) is 27.0 Å². The Morgan fingerprint density at radius 3 is 1.59 bits per heavy atom. The molecule has 2 atom stereocenters. The van der Waals surface area contributed by atoms with Crippen LogP contribution in [-0.2, 0) is 43.8 Å². The van der Waals surface area contributed by atoms with Crippen molar-refractivity contribution in [2.75, 3.05) is 13.1 Å². The second-order valence-corrected chi connectivity index (χ2v) is 25.4. The van der Waals surface area contributed by atoms with E-state index in [1.54, 1.807) is 4.90 Å². The van der Waals surface area contributed by atoms with E-state index >= 15 is 0 Å². The topological polar surface area (TPSA) is 155 Å². The fraction of sp³-hybridized carbons (Fsp3) is 0.686. The molecule has 3 aromatic rings. The van der Waals surface area contributed by atoms with Gasteiger partial charge >= 0.3 is 33.3 Å². The maximum absolute atomic E-state index is 12.6. The number of hydrogen-bond donors (Lipinski definition) is 1. The Morgan fingerprint density at radius 1 is 0.662 bits per heavy atom. The molecule has 2 aromatic carbocycles. The minimum absolute atomic E-state index is 0. The molecule has 71 heavy (non-hydrogen) atoms. The van der Waals surface area contributed by atoms with Crippen LogP contribution < -0.4 is 5.46 Å². The number of carbonyl (C=O) groups is 2. The van der Waals surface area contributed by atoms with E-state index in [9.17, 15) is 9.59 Å². The van der Waals surface area contributed by atoms with Gasteiger partial charge in [-0.15, -0.1) is 0 Å². The zero-order valence-corrected chi connectivity index (χ0v) is 48.1. The Hall–Kier alpha value is -3.10. The van der Waals surface area contributed by atoms with Crippen molar-refractivity contribution in [3.8, 4) is 0 Å². The Kier molecular flexibility index (Phi) is 16.3. The van der Waals surface area contributed by atoms with Gasteiger partial charge in [-0.25, -0.2) is 14.6 Å². The van der Waals surface area contributed by atoms with Crippen LogP contribution in [-0.4, -0.2) is 123 Å². The second-order valence-electron chi connectivity index (χ2n) is 24.5. The smallest absolute Gasteiger partial charge is 0.444 e. The third-order valence-electron chi connectivity index (χ3n) is 15.0. The molecule has 0 radical (unpaired) electrons. The van der Waals surface area contributed by atoms with Crippen LogP contribution in [0.4, 0.5) is 15.3 Å². The molecule has 0 bridgehead atoms. The standard InChI is InChI=1S/C22H32BN3O4.C17H21BrN2O2.C12H24B2O4.H2S/c1-20(2,3)28-19(27)26-12-8-9-17(26)18-24-15-11-10-14(13-16(15)25-18)23-29-21(4,5)22(6,7)30-23;1-17(2,3)22-16(21)20-8-4-5-15(20)14-10-11-9-12(18)6-7-13(11)19-14;1-9(2)10(3,4)16-13(15-9)14-17-11(5,6)12(7,8)18-14;/h10-11,13,17H,8-9,12H2,1-7H3,(H,24,25);6-7,9,15H,4-5,8,10H2,1-3H3;1-8H3;1H2/t17-;15-;;/m00../s1. The third-order valence-corrected chi connectivity index (χ3v) is 15.4. The fourth-order valence-corrected chi connectivity index (χ4v) is 9.37. The van der Waals surface area contributed by atoms with Gasteiger partial charge in [0.05, 0.1) is 62.4 Å². The first-order chi connectivity index (χ1) is 32.1. The number of aromatic nitrogens is 2. The summed E-state index contributed by atoms with van der Waals surface area (Å²) in [5.41, 5.74) is 2.86. The van der Waals surface area contributed by atoms with Gasteiger partial charge in [0.25, 0.3) is 0 Å². The van der Waals surface area contributed by atoms with Crippen molar-refractivity contribution in [3.63, 3.8) is 0 Å². The molecule has 6 aliphatic heterocycles. The average molecular weight is 1070 g/mol. The highest BCUT2D eigenvalue weighted by Gasteiger charge is 2.64. The summed E-state index contributed by atoms with van der Waals surface area (Å²) in [6.45, 7) is 37.2. The van der Waals surface area contributed by atoms with E-state index in [1.807, 2.05) is 160 Å². The molecule has 0 unspecified atom stereocenters. The van der Waals surface area contributed by atoms with E-state index < -0.39 is 32.3 Å². The number of aliphatic imine (C=N–C) groups is 1. The molecule has 390 valence electrons. The maximum atomic E-state index is 12.6. The minimum Gasteiger partial charge on any atom is -0.444 e. The third kappa shape index (κ3) is 12.5. The number of H-pyrrole nitrogens is 1. The lowest BCUT2D eigenvalue weighted by molar-refractivity contribution is 0.00578. The highest BCUT2D eigenvalue weighted by atomic mass is 79.9.